The number of primary amides is 1. The second-order valence-electron chi connectivity index (χ2n) is 6.25. The molecule has 0 unspecified atom stereocenters. The lowest BCUT2D eigenvalue weighted by Crippen LogP contribution is -2.31. The fourth-order valence-corrected chi connectivity index (χ4v) is 3.71. The average molecular weight is 438 g/mol. The zero-order valence-corrected chi connectivity index (χ0v) is 16.5. The monoisotopic (exact) mass is 437 g/mol. The first kappa shape index (κ1) is 18.0. The van der Waals surface area contributed by atoms with Crippen LogP contribution in [-0.2, 0) is 0 Å². The minimum Gasteiger partial charge on any atom is -0.430 e. The lowest BCUT2D eigenvalue weighted by atomic mass is 10.1. The highest BCUT2D eigenvalue weighted by atomic mass is 79.9. The number of carbonyl (C=O) groups excluding carboxylic acids is 1. The number of nitrogen functional groups attached to an aromatic ring is 1. The number of anilines is 3. The Kier molecular flexibility index (Phi) is 4.48. The highest BCUT2D eigenvalue weighted by molar-refractivity contribution is 9.10. The van der Waals surface area contributed by atoms with Gasteiger partial charge in [0.25, 0.3) is 0 Å². The number of fused-ring (bicyclic) bond motifs is 1. The van der Waals surface area contributed by atoms with E-state index in [1.165, 1.54) is 11.2 Å². The SMILES string of the molecule is Cc1cccc(N(C(N)=O)c2ccc(-c3c(Br)oc4ncnc(N)c34)cc2)c1. The Morgan fingerprint density at radius 3 is 2.54 bits per heavy atom. The molecule has 2 aromatic heterocycles. The van der Waals surface area contributed by atoms with Gasteiger partial charge in [0, 0.05) is 5.56 Å². The third-order valence-corrected chi connectivity index (χ3v) is 4.93. The Hall–Kier alpha value is -3.39. The van der Waals surface area contributed by atoms with Crippen molar-refractivity contribution in [3.05, 3.63) is 65.1 Å². The largest absolute Gasteiger partial charge is 0.430 e. The van der Waals surface area contributed by atoms with Crippen LogP contribution < -0.4 is 16.4 Å². The molecule has 8 heteroatoms. The van der Waals surface area contributed by atoms with Crippen molar-refractivity contribution < 1.29 is 9.21 Å². The van der Waals surface area contributed by atoms with E-state index < -0.39 is 6.03 Å². The number of carbonyl (C=O) groups is 1. The number of hydrogen-bond acceptors (Lipinski definition) is 5. The van der Waals surface area contributed by atoms with Crippen LogP contribution in [0.5, 0.6) is 0 Å². The molecule has 0 saturated carbocycles. The highest BCUT2D eigenvalue weighted by Crippen LogP contribution is 2.40. The van der Waals surface area contributed by atoms with Crippen molar-refractivity contribution in [3.63, 3.8) is 0 Å². The van der Waals surface area contributed by atoms with E-state index in [2.05, 4.69) is 25.9 Å². The van der Waals surface area contributed by atoms with Crippen molar-refractivity contribution in [2.24, 2.45) is 5.73 Å². The van der Waals surface area contributed by atoms with Crippen molar-refractivity contribution in [1.29, 1.82) is 0 Å². The summed E-state index contributed by atoms with van der Waals surface area (Å²) >= 11 is 3.42. The van der Waals surface area contributed by atoms with Crippen molar-refractivity contribution in [1.82, 2.24) is 9.97 Å². The number of rotatable bonds is 3. The average Bonchev–Trinajstić information content (AvgIpc) is 3.00. The molecular formula is C20H16BrN5O2. The summed E-state index contributed by atoms with van der Waals surface area (Å²) in [6.07, 6.45) is 1.35. The van der Waals surface area contributed by atoms with E-state index in [1.807, 2.05) is 55.5 Å². The number of urea groups is 1. The Morgan fingerprint density at radius 2 is 1.86 bits per heavy atom. The van der Waals surface area contributed by atoms with Gasteiger partial charge in [-0.1, -0.05) is 24.3 Å². The number of nitrogens with zero attached hydrogens (tertiary/aromatic N) is 3. The Balaban J connectivity index is 1.79. The zero-order chi connectivity index (χ0) is 19.8. The molecule has 2 heterocycles. The molecule has 2 aromatic carbocycles. The summed E-state index contributed by atoms with van der Waals surface area (Å²) in [5.41, 5.74) is 16.0. The Morgan fingerprint density at radius 1 is 1.11 bits per heavy atom. The quantitative estimate of drug-likeness (QED) is 0.479. The molecule has 0 aliphatic rings. The van der Waals surface area contributed by atoms with Gasteiger partial charge in [-0.25, -0.2) is 14.8 Å². The third-order valence-electron chi connectivity index (χ3n) is 4.37. The number of aryl methyl sites for hydroxylation is 1. The van der Waals surface area contributed by atoms with Gasteiger partial charge in [0.2, 0.25) is 5.71 Å². The van der Waals surface area contributed by atoms with Gasteiger partial charge < -0.3 is 15.9 Å². The molecule has 0 aliphatic heterocycles. The second-order valence-corrected chi connectivity index (χ2v) is 6.97. The first-order valence-electron chi connectivity index (χ1n) is 8.41. The van der Waals surface area contributed by atoms with E-state index >= 15 is 0 Å². The molecule has 28 heavy (non-hydrogen) atoms. The number of aromatic nitrogens is 2. The van der Waals surface area contributed by atoms with Gasteiger partial charge in [-0.05, 0) is 58.2 Å². The minimum absolute atomic E-state index is 0.331. The summed E-state index contributed by atoms with van der Waals surface area (Å²) in [5, 5.41) is 0.632. The van der Waals surface area contributed by atoms with Crippen molar-refractivity contribution in [2.45, 2.75) is 6.92 Å². The molecule has 0 saturated heterocycles. The summed E-state index contributed by atoms with van der Waals surface area (Å²) < 4.78 is 6.14. The zero-order valence-electron chi connectivity index (χ0n) is 14.9. The van der Waals surface area contributed by atoms with Crippen LogP contribution in [0.3, 0.4) is 0 Å². The number of halogens is 1. The van der Waals surface area contributed by atoms with Crippen molar-refractivity contribution in [3.8, 4) is 11.1 Å². The molecule has 0 atom stereocenters. The van der Waals surface area contributed by atoms with E-state index in [-0.39, 0.29) is 0 Å². The normalized spacial score (nSPS) is 10.9. The van der Waals surface area contributed by atoms with Gasteiger partial charge in [-0.2, -0.15) is 0 Å². The fourth-order valence-electron chi connectivity index (χ4n) is 3.13. The first-order valence-corrected chi connectivity index (χ1v) is 9.20. The van der Waals surface area contributed by atoms with E-state index in [0.29, 0.717) is 33.0 Å². The summed E-state index contributed by atoms with van der Waals surface area (Å²) in [5.74, 6) is 0.331. The lowest BCUT2D eigenvalue weighted by Gasteiger charge is -2.21. The van der Waals surface area contributed by atoms with Gasteiger partial charge in [-0.15, -0.1) is 0 Å². The predicted molar refractivity (Wildman–Crippen MR) is 112 cm³/mol. The number of hydrogen-bond donors (Lipinski definition) is 2. The smallest absolute Gasteiger partial charge is 0.323 e. The van der Waals surface area contributed by atoms with Gasteiger partial charge >= 0.3 is 6.03 Å². The van der Waals surface area contributed by atoms with Crippen LogP contribution in [0.4, 0.5) is 22.0 Å². The predicted octanol–water partition coefficient (Wildman–Crippen LogP) is 4.76. The summed E-state index contributed by atoms with van der Waals surface area (Å²) in [4.78, 5) is 21.7. The van der Waals surface area contributed by atoms with E-state index in [9.17, 15) is 4.79 Å². The molecule has 2 amide bonds. The highest BCUT2D eigenvalue weighted by Gasteiger charge is 2.20. The molecule has 0 bridgehead atoms. The van der Waals surface area contributed by atoms with E-state index in [0.717, 1.165) is 16.7 Å². The van der Waals surface area contributed by atoms with Crippen LogP contribution in [0, 0.1) is 6.92 Å². The molecule has 4 aromatic rings. The Bertz CT molecular complexity index is 1190. The van der Waals surface area contributed by atoms with Crippen LogP contribution in [0.25, 0.3) is 22.2 Å². The number of benzene rings is 2. The Labute approximate surface area is 169 Å². The summed E-state index contributed by atoms with van der Waals surface area (Å²) in [7, 11) is 0. The maximum Gasteiger partial charge on any atom is 0.323 e. The van der Waals surface area contributed by atoms with Gasteiger partial charge in [0.15, 0.2) is 4.67 Å². The molecule has 140 valence electrons. The summed E-state index contributed by atoms with van der Waals surface area (Å²) in [6, 6.07) is 14.4. The van der Waals surface area contributed by atoms with Gasteiger partial charge in [0.05, 0.1) is 16.8 Å². The molecule has 4 rings (SSSR count). The maximum absolute atomic E-state index is 12.1. The fraction of sp³-hybridized carbons (Fsp3) is 0.0500. The van der Waals surface area contributed by atoms with Crippen LogP contribution in [0.1, 0.15) is 5.56 Å². The topological polar surface area (TPSA) is 111 Å². The van der Waals surface area contributed by atoms with Crippen LogP contribution in [0.15, 0.2) is 63.9 Å². The minimum atomic E-state index is -0.564. The number of amides is 2. The van der Waals surface area contributed by atoms with Gasteiger partial charge in [-0.3, -0.25) is 4.90 Å². The van der Waals surface area contributed by atoms with Crippen molar-refractivity contribution in [2.75, 3.05) is 10.6 Å². The summed E-state index contributed by atoms with van der Waals surface area (Å²) in [6.45, 7) is 1.96. The molecule has 7 nitrogen and oxygen atoms in total. The van der Waals surface area contributed by atoms with E-state index in [1.54, 1.807) is 0 Å². The maximum atomic E-state index is 12.1. The van der Waals surface area contributed by atoms with Gasteiger partial charge in [0.1, 0.15) is 12.1 Å². The standard InChI is InChI=1S/C20H16BrN5O2/c1-11-3-2-4-14(9-11)26(20(23)27)13-7-5-12(6-8-13)15-16-18(22)24-10-25-19(16)28-17(15)21/h2-10H,1H3,(H2,23,27)(H2,22,24,25). The molecule has 0 aliphatic carbocycles. The molecule has 4 N–H and O–H groups in total. The number of furan rings is 1. The van der Waals surface area contributed by atoms with Crippen molar-refractivity contribution >= 4 is 50.3 Å². The molecule has 0 spiro atoms. The molecular weight excluding hydrogens is 422 g/mol. The molecule has 0 radical (unpaired) electrons. The first-order chi connectivity index (χ1) is 13.5. The van der Waals surface area contributed by atoms with Crippen LogP contribution >= 0.6 is 15.9 Å². The van der Waals surface area contributed by atoms with Crippen LogP contribution in [-0.4, -0.2) is 16.0 Å². The lowest BCUT2D eigenvalue weighted by molar-refractivity contribution is 0.256. The van der Waals surface area contributed by atoms with Crippen LogP contribution in [0.2, 0.25) is 0 Å². The molecule has 0 fully saturated rings. The number of nitrogens with two attached hydrogens (primary N) is 2. The second kappa shape index (κ2) is 6.97. The third kappa shape index (κ3) is 3.07. The van der Waals surface area contributed by atoms with E-state index in [4.69, 9.17) is 15.9 Å².